The predicted octanol–water partition coefficient (Wildman–Crippen LogP) is 1.83. The van der Waals surface area contributed by atoms with Gasteiger partial charge in [0.15, 0.2) is 0 Å². The SMILES string of the molecule is CC(C)n1cc(C(Cl)C(=O)N(C)C)cn1. The van der Waals surface area contributed by atoms with Crippen LogP contribution in [-0.4, -0.2) is 34.7 Å². The van der Waals surface area contributed by atoms with Crippen LogP contribution in [0.25, 0.3) is 0 Å². The number of carbonyl (C=O) groups excluding carboxylic acids is 1. The number of hydrogen-bond donors (Lipinski definition) is 0. The molecule has 0 aliphatic heterocycles. The predicted molar refractivity (Wildman–Crippen MR) is 59.9 cm³/mol. The Hall–Kier alpha value is -1.03. The summed E-state index contributed by atoms with van der Waals surface area (Å²) in [6.07, 6.45) is 3.45. The molecule has 0 aromatic carbocycles. The van der Waals surface area contributed by atoms with Crippen molar-refractivity contribution < 1.29 is 4.79 Å². The molecule has 1 unspecified atom stereocenters. The maximum atomic E-state index is 11.6. The number of hydrogen-bond acceptors (Lipinski definition) is 2. The van der Waals surface area contributed by atoms with Crippen LogP contribution in [0.3, 0.4) is 0 Å². The Morgan fingerprint density at radius 3 is 2.53 bits per heavy atom. The highest BCUT2D eigenvalue weighted by Crippen LogP contribution is 2.22. The average molecular weight is 230 g/mol. The van der Waals surface area contributed by atoms with Gasteiger partial charge in [-0.05, 0) is 13.8 Å². The van der Waals surface area contributed by atoms with Crippen LogP contribution in [0.5, 0.6) is 0 Å². The molecule has 0 N–H and O–H groups in total. The topological polar surface area (TPSA) is 38.1 Å². The summed E-state index contributed by atoms with van der Waals surface area (Å²) < 4.78 is 1.79. The van der Waals surface area contributed by atoms with Gasteiger partial charge >= 0.3 is 0 Å². The van der Waals surface area contributed by atoms with E-state index in [1.165, 1.54) is 4.90 Å². The monoisotopic (exact) mass is 229 g/mol. The zero-order valence-electron chi connectivity index (χ0n) is 9.44. The molecular weight excluding hydrogens is 214 g/mol. The second-order valence-corrected chi connectivity index (χ2v) is 4.38. The number of rotatable bonds is 3. The van der Waals surface area contributed by atoms with Gasteiger partial charge < -0.3 is 4.90 Å². The minimum absolute atomic E-state index is 0.125. The van der Waals surface area contributed by atoms with E-state index in [-0.39, 0.29) is 11.9 Å². The van der Waals surface area contributed by atoms with Crippen LogP contribution in [0.4, 0.5) is 0 Å². The average Bonchev–Trinajstić information content (AvgIpc) is 2.64. The number of carbonyl (C=O) groups is 1. The first kappa shape index (κ1) is 12.0. The highest BCUT2D eigenvalue weighted by molar-refractivity contribution is 6.30. The van der Waals surface area contributed by atoms with E-state index in [4.69, 9.17) is 11.6 Å². The maximum Gasteiger partial charge on any atom is 0.244 e. The summed E-state index contributed by atoms with van der Waals surface area (Å²) >= 11 is 6.03. The number of likely N-dealkylation sites (N-methyl/N-ethyl adjacent to an activating group) is 1. The molecule has 1 heterocycles. The van der Waals surface area contributed by atoms with Gasteiger partial charge in [-0.25, -0.2) is 0 Å². The van der Waals surface area contributed by atoms with E-state index in [9.17, 15) is 4.79 Å². The van der Waals surface area contributed by atoms with E-state index < -0.39 is 5.38 Å². The van der Waals surface area contributed by atoms with Crippen molar-refractivity contribution in [2.24, 2.45) is 0 Å². The van der Waals surface area contributed by atoms with Gasteiger partial charge in [-0.15, -0.1) is 11.6 Å². The lowest BCUT2D eigenvalue weighted by atomic mass is 10.2. The van der Waals surface area contributed by atoms with E-state index in [1.807, 2.05) is 20.0 Å². The van der Waals surface area contributed by atoms with E-state index in [0.29, 0.717) is 0 Å². The van der Waals surface area contributed by atoms with Gasteiger partial charge in [-0.3, -0.25) is 9.48 Å². The summed E-state index contributed by atoms with van der Waals surface area (Å²) in [7, 11) is 3.37. The maximum absolute atomic E-state index is 11.6. The Morgan fingerprint density at radius 1 is 1.53 bits per heavy atom. The number of nitrogens with zero attached hydrogens (tertiary/aromatic N) is 3. The molecule has 4 nitrogen and oxygen atoms in total. The molecule has 0 radical (unpaired) electrons. The standard InChI is InChI=1S/C10H16ClN3O/c1-7(2)14-6-8(5-12-14)9(11)10(15)13(3)4/h5-7,9H,1-4H3. The van der Waals surface area contributed by atoms with E-state index in [2.05, 4.69) is 5.10 Å². The van der Waals surface area contributed by atoms with Crippen LogP contribution in [0.15, 0.2) is 12.4 Å². The van der Waals surface area contributed by atoms with Gasteiger partial charge in [0.1, 0.15) is 5.38 Å². The molecule has 1 rings (SSSR count). The molecule has 0 aliphatic rings. The minimum Gasteiger partial charge on any atom is -0.347 e. The molecule has 0 spiro atoms. The molecule has 1 aromatic heterocycles. The van der Waals surface area contributed by atoms with E-state index in [1.54, 1.807) is 25.0 Å². The first-order valence-electron chi connectivity index (χ1n) is 4.82. The third kappa shape index (κ3) is 2.72. The van der Waals surface area contributed by atoms with Gasteiger partial charge in [0.25, 0.3) is 0 Å². The molecule has 1 amide bonds. The Balaban J connectivity index is 2.83. The van der Waals surface area contributed by atoms with Crippen LogP contribution in [0.2, 0.25) is 0 Å². The molecule has 84 valence electrons. The largest absolute Gasteiger partial charge is 0.347 e. The summed E-state index contributed by atoms with van der Waals surface area (Å²) in [5, 5.41) is 3.49. The quantitative estimate of drug-likeness (QED) is 0.742. The molecule has 0 fully saturated rings. The molecule has 0 bridgehead atoms. The molecular formula is C10H16ClN3O. The van der Waals surface area contributed by atoms with Crippen molar-refractivity contribution in [1.82, 2.24) is 14.7 Å². The van der Waals surface area contributed by atoms with Crippen LogP contribution in [0.1, 0.15) is 30.8 Å². The second-order valence-electron chi connectivity index (χ2n) is 3.94. The lowest BCUT2D eigenvalue weighted by Crippen LogP contribution is -2.25. The highest BCUT2D eigenvalue weighted by atomic mass is 35.5. The lowest BCUT2D eigenvalue weighted by Gasteiger charge is -2.13. The van der Waals surface area contributed by atoms with Gasteiger partial charge in [0.05, 0.1) is 6.20 Å². The second kappa shape index (κ2) is 4.66. The minimum atomic E-state index is -0.646. The van der Waals surface area contributed by atoms with Crippen molar-refractivity contribution in [3.8, 4) is 0 Å². The molecule has 0 aliphatic carbocycles. The van der Waals surface area contributed by atoms with Crippen molar-refractivity contribution in [3.05, 3.63) is 18.0 Å². The van der Waals surface area contributed by atoms with Crippen LogP contribution >= 0.6 is 11.6 Å². The zero-order chi connectivity index (χ0) is 11.6. The van der Waals surface area contributed by atoms with Crippen molar-refractivity contribution in [3.63, 3.8) is 0 Å². The molecule has 5 heteroatoms. The fourth-order valence-corrected chi connectivity index (χ4v) is 1.44. The molecule has 0 saturated carbocycles. The third-order valence-corrected chi connectivity index (χ3v) is 2.54. The lowest BCUT2D eigenvalue weighted by molar-refractivity contribution is -0.128. The summed E-state index contributed by atoms with van der Waals surface area (Å²) in [6, 6.07) is 0.275. The number of alkyl halides is 1. The van der Waals surface area contributed by atoms with Gasteiger partial charge in [-0.2, -0.15) is 5.10 Å². The van der Waals surface area contributed by atoms with E-state index >= 15 is 0 Å². The summed E-state index contributed by atoms with van der Waals surface area (Å²) in [5.41, 5.74) is 0.740. The Kier molecular flexibility index (Phi) is 3.74. The summed E-state index contributed by atoms with van der Waals surface area (Å²) in [5.74, 6) is -0.125. The Morgan fingerprint density at radius 2 is 2.13 bits per heavy atom. The fraction of sp³-hybridized carbons (Fsp3) is 0.600. The molecule has 15 heavy (non-hydrogen) atoms. The molecule has 1 aromatic rings. The molecule has 1 atom stereocenters. The Bertz CT molecular complexity index is 346. The summed E-state index contributed by atoms with van der Waals surface area (Å²) in [4.78, 5) is 13.1. The smallest absolute Gasteiger partial charge is 0.244 e. The number of amides is 1. The Labute approximate surface area is 94.8 Å². The number of halogens is 1. The van der Waals surface area contributed by atoms with Crippen molar-refractivity contribution in [2.75, 3.05) is 14.1 Å². The van der Waals surface area contributed by atoms with Crippen LogP contribution in [-0.2, 0) is 4.79 Å². The first-order chi connectivity index (χ1) is 6.93. The fourth-order valence-electron chi connectivity index (χ4n) is 1.14. The molecule has 0 saturated heterocycles. The van der Waals surface area contributed by atoms with Gasteiger partial charge in [-0.1, -0.05) is 0 Å². The van der Waals surface area contributed by atoms with E-state index in [0.717, 1.165) is 5.56 Å². The van der Waals surface area contributed by atoms with Crippen molar-refractivity contribution in [2.45, 2.75) is 25.3 Å². The highest BCUT2D eigenvalue weighted by Gasteiger charge is 2.21. The normalized spacial score (nSPS) is 12.9. The summed E-state index contributed by atoms with van der Waals surface area (Å²) in [6.45, 7) is 4.04. The van der Waals surface area contributed by atoms with Crippen LogP contribution in [0, 0.1) is 0 Å². The van der Waals surface area contributed by atoms with Crippen molar-refractivity contribution in [1.29, 1.82) is 0 Å². The zero-order valence-corrected chi connectivity index (χ0v) is 10.2. The van der Waals surface area contributed by atoms with Gasteiger partial charge in [0, 0.05) is 31.9 Å². The van der Waals surface area contributed by atoms with Crippen molar-refractivity contribution >= 4 is 17.5 Å². The number of aromatic nitrogens is 2. The van der Waals surface area contributed by atoms with Crippen LogP contribution < -0.4 is 0 Å². The first-order valence-corrected chi connectivity index (χ1v) is 5.26. The third-order valence-electron chi connectivity index (χ3n) is 2.10. The van der Waals surface area contributed by atoms with Gasteiger partial charge in [0.2, 0.25) is 5.91 Å².